The van der Waals surface area contributed by atoms with Crippen molar-refractivity contribution >= 4 is 23.2 Å². The first-order valence-corrected chi connectivity index (χ1v) is 11.0. The molecule has 35 heavy (non-hydrogen) atoms. The summed E-state index contributed by atoms with van der Waals surface area (Å²) in [5.74, 6) is 0.826. The Kier molecular flexibility index (Phi) is 6.62. The van der Waals surface area contributed by atoms with Gasteiger partial charge in [0.25, 0.3) is 0 Å². The summed E-state index contributed by atoms with van der Waals surface area (Å²) in [5, 5.41) is 23.6. The van der Waals surface area contributed by atoms with Crippen LogP contribution in [-0.2, 0) is 11.3 Å². The van der Waals surface area contributed by atoms with Gasteiger partial charge in [0.1, 0.15) is 36.8 Å². The number of nitrogens with one attached hydrogen (secondary N) is 1. The Hall–Kier alpha value is -3.93. The van der Waals surface area contributed by atoms with Crippen molar-refractivity contribution in [1.82, 2.24) is 19.5 Å². The fourth-order valence-electron chi connectivity index (χ4n) is 3.76. The molecule has 0 spiro atoms. The van der Waals surface area contributed by atoms with Crippen molar-refractivity contribution in [3.63, 3.8) is 0 Å². The molecule has 1 saturated heterocycles. The highest BCUT2D eigenvalue weighted by molar-refractivity contribution is 5.84. The number of nitrogens with zero attached hydrogens (tertiary/aromatic N) is 5. The average molecular weight is 478 g/mol. The van der Waals surface area contributed by atoms with Crippen LogP contribution in [0.2, 0.25) is 0 Å². The third kappa shape index (κ3) is 5.11. The van der Waals surface area contributed by atoms with Gasteiger partial charge in [-0.1, -0.05) is 12.1 Å². The van der Waals surface area contributed by atoms with Gasteiger partial charge in [0.2, 0.25) is 0 Å². The molecule has 3 N–H and O–H groups in total. The van der Waals surface area contributed by atoms with Gasteiger partial charge in [0.05, 0.1) is 25.3 Å². The van der Waals surface area contributed by atoms with E-state index in [1.54, 1.807) is 29.2 Å². The molecule has 4 aromatic rings. The van der Waals surface area contributed by atoms with Gasteiger partial charge < -0.3 is 19.7 Å². The summed E-state index contributed by atoms with van der Waals surface area (Å²) >= 11 is 0. The van der Waals surface area contributed by atoms with Crippen LogP contribution in [0.3, 0.4) is 0 Å². The van der Waals surface area contributed by atoms with Crippen LogP contribution in [0.15, 0.2) is 66.3 Å². The first-order valence-electron chi connectivity index (χ1n) is 11.0. The van der Waals surface area contributed by atoms with E-state index >= 15 is 0 Å². The van der Waals surface area contributed by atoms with Crippen LogP contribution in [-0.4, -0.2) is 54.8 Å². The molecule has 0 bridgehead atoms. The van der Waals surface area contributed by atoms with Gasteiger partial charge in [-0.2, -0.15) is 5.10 Å². The predicted molar refractivity (Wildman–Crippen MR) is 125 cm³/mol. The Morgan fingerprint density at radius 1 is 1.14 bits per heavy atom. The van der Waals surface area contributed by atoms with Crippen LogP contribution in [0, 0.1) is 5.82 Å². The summed E-state index contributed by atoms with van der Waals surface area (Å²) in [6.45, 7) is 0.0826. The first kappa shape index (κ1) is 22.8. The average Bonchev–Trinajstić information content (AvgIpc) is 3.48. The number of anilines is 1. The molecule has 1 fully saturated rings. The molecule has 0 saturated carbocycles. The molecule has 2 aromatic heterocycles. The number of rotatable bonds is 8. The highest BCUT2D eigenvalue weighted by Gasteiger charge is 2.35. The van der Waals surface area contributed by atoms with Crippen molar-refractivity contribution in [2.75, 3.05) is 12.0 Å². The minimum atomic E-state index is -0.758. The minimum Gasteiger partial charge on any atom is -0.489 e. The summed E-state index contributed by atoms with van der Waals surface area (Å²) in [7, 11) is 0. The molecule has 1 aliphatic heterocycles. The Morgan fingerprint density at radius 2 is 1.94 bits per heavy atom. The van der Waals surface area contributed by atoms with Crippen LogP contribution >= 0.6 is 0 Å². The largest absolute Gasteiger partial charge is 0.489 e. The highest BCUT2D eigenvalue weighted by atomic mass is 19.1. The predicted octanol–water partition coefficient (Wildman–Crippen LogP) is 2.63. The van der Waals surface area contributed by atoms with E-state index in [-0.39, 0.29) is 12.4 Å². The van der Waals surface area contributed by atoms with Crippen molar-refractivity contribution in [2.45, 2.75) is 31.5 Å². The van der Waals surface area contributed by atoms with Crippen molar-refractivity contribution in [2.24, 2.45) is 5.10 Å². The Balaban J connectivity index is 1.21. The van der Waals surface area contributed by atoms with Gasteiger partial charge in [0, 0.05) is 6.42 Å². The second-order valence-electron chi connectivity index (χ2n) is 8.02. The SMILES string of the molecule is OC[C@H]1O[C@@H](n2cnc3c(N/N=C/c4ccc(OCc5ccc(F)cc5)cc4)ncnc32)CC1O. The lowest BCUT2D eigenvalue weighted by molar-refractivity contribution is -0.0432. The van der Waals surface area contributed by atoms with Gasteiger partial charge in [-0.25, -0.2) is 19.3 Å². The molecule has 0 amide bonds. The third-order valence-electron chi connectivity index (χ3n) is 5.64. The molecule has 180 valence electrons. The van der Waals surface area contributed by atoms with E-state index in [1.807, 2.05) is 24.3 Å². The zero-order chi connectivity index (χ0) is 24.2. The number of imidazole rings is 1. The molecule has 0 radical (unpaired) electrons. The maximum Gasteiger partial charge on any atom is 0.177 e. The topological polar surface area (TPSA) is 127 Å². The zero-order valence-electron chi connectivity index (χ0n) is 18.5. The van der Waals surface area contributed by atoms with Crippen LogP contribution in [0.1, 0.15) is 23.8 Å². The van der Waals surface area contributed by atoms with Gasteiger partial charge in [-0.15, -0.1) is 0 Å². The van der Waals surface area contributed by atoms with Crippen LogP contribution in [0.25, 0.3) is 11.2 Å². The van der Waals surface area contributed by atoms with Crippen molar-refractivity contribution in [3.8, 4) is 5.75 Å². The summed E-state index contributed by atoms with van der Waals surface area (Å²) in [6.07, 6.45) is 3.04. The van der Waals surface area contributed by atoms with E-state index in [9.17, 15) is 14.6 Å². The van der Waals surface area contributed by atoms with Crippen molar-refractivity contribution in [3.05, 3.63) is 78.1 Å². The second-order valence-corrected chi connectivity index (χ2v) is 8.02. The third-order valence-corrected chi connectivity index (χ3v) is 5.64. The maximum atomic E-state index is 13.0. The van der Waals surface area contributed by atoms with E-state index in [0.29, 0.717) is 35.8 Å². The van der Waals surface area contributed by atoms with Crippen molar-refractivity contribution in [1.29, 1.82) is 0 Å². The molecule has 3 heterocycles. The van der Waals surface area contributed by atoms with Crippen LogP contribution in [0.5, 0.6) is 5.75 Å². The number of aliphatic hydroxyl groups excluding tert-OH is 2. The lowest BCUT2D eigenvalue weighted by Gasteiger charge is -2.13. The monoisotopic (exact) mass is 478 g/mol. The van der Waals surface area contributed by atoms with Crippen molar-refractivity contribution < 1.29 is 24.1 Å². The Bertz CT molecular complexity index is 1310. The fourth-order valence-corrected chi connectivity index (χ4v) is 3.76. The lowest BCUT2D eigenvalue weighted by atomic mass is 10.2. The standard InChI is InChI=1S/C24H23FN6O4/c25-17-5-1-16(2-6-17)12-34-18-7-3-15(4-8-18)10-29-30-23-22-24(27-13-26-23)31(14-28-22)21-9-19(33)20(11-32)35-21/h1-8,10,13-14,19-21,32-33H,9,11-12H2,(H,26,27,30)/b29-10+/t19?,20-,21-/m1/s1. The van der Waals surface area contributed by atoms with Gasteiger partial charge >= 0.3 is 0 Å². The zero-order valence-corrected chi connectivity index (χ0v) is 18.5. The Labute approximate surface area is 199 Å². The number of hydrogen-bond acceptors (Lipinski definition) is 9. The van der Waals surface area contributed by atoms with Gasteiger partial charge in [-0.05, 0) is 47.5 Å². The molecule has 1 aliphatic rings. The quantitative estimate of drug-likeness (QED) is 0.261. The second kappa shape index (κ2) is 10.1. The molecule has 1 unspecified atom stereocenters. The summed E-state index contributed by atoms with van der Waals surface area (Å²) in [6, 6.07) is 13.5. The number of benzene rings is 2. The van der Waals surface area contributed by atoms with Crippen LogP contribution < -0.4 is 10.2 Å². The van der Waals surface area contributed by atoms with Gasteiger partial charge in [-0.3, -0.25) is 9.99 Å². The lowest BCUT2D eigenvalue weighted by Crippen LogP contribution is -2.24. The summed E-state index contributed by atoms with van der Waals surface area (Å²) < 4.78 is 26.1. The molecule has 11 heteroatoms. The number of halogens is 1. The van der Waals surface area contributed by atoms with E-state index in [2.05, 4.69) is 25.5 Å². The molecule has 0 aliphatic carbocycles. The molecule has 5 rings (SSSR count). The Morgan fingerprint density at radius 3 is 2.69 bits per heavy atom. The normalized spacial score (nSPS) is 20.0. The maximum absolute atomic E-state index is 13.0. The molecule has 2 aromatic carbocycles. The smallest absolute Gasteiger partial charge is 0.177 e. The number of hydrazone groups is 1. The summed E-state index contributed by atoms with van der Waals surface area (Å²) in [4.78, 5) is 12.9. The van der Waals surface area contributed by atoms with E-state index < -0.39 is 18.4 Å². The number of aromatic nitrogens is 4. The molecule has 10 nitrogen and oxygen atoms in total. The highest BCUT2D eigenvalue weighted by Crippen LogP contribution is 2.31. The first-order chi connectivity index (χ1) is 17.1. The van der Waals surface area contributed by atoms with E-state index in [0.717, 1.165) is 11.1 Å². The molecule has 3 atom stereocenters. The van der Waals surface area contributed by atoms with E-state index in [1.165, 1.54) is 18.5 Å². The number of aliphatic hydroxyl groups is 2. The number of ether oxygens (including phenoxy) is 2. The van der Waals surface area contributed by atoms with Crippen LogP contribution in [0.4, 0.5) is 10.2 Å². The number of fused-ring (bicyclic) bond motifs is 1. The molecular weight excluding hydrogens is 455 g/mol. The summed E-state index contributed by atoms with van der Waals surface area (Å²) in [5.41, 5.74) is 5.63. The van der Waals surface area contributed by atoms with Gasteiger partial charge in [0.15, 0.2) is 17.0 Å². The number of hydrogen-bond donors (Lipinski definition) is 3. The fraction of sp³-hybridized carbons (Fsp3) is 0.250. The minimum absolute atomic E-state index is 0.262. The van der Waals surface area contributed by atoms with E-state index in [4.69, 9.17) is 9.47 Å². The molecular formula is C24H23FN6O4.